The molecule has 0 radical (unpaired) electrons. The number of hydrogen-bond acceptors (Lipinski definition) is 3. The van der Waals surface area contributed by atoms with Gasteiger partial charge in [0.1, 0.15) is 0 Å². The Morgan fingerprint density at radius 1 is 1.42 bits per heavy atom. The number of methoxy groups -OCH3 is 1. The van der Waals surface area contributed by atoms with E-state index in [1.54, 1.807) is 18.2 Å². The van der Waals surface area contributed by atoms with Crippen LogP contribution in [0.4, 0.5) is 4.39 Å². The first-order valence-electron chi connectivity index (χ1n) is 6.79. The highest BCUT2D eigenvalue weighted by Gasteiger charge is 2.33. The summed E-state index contributed by atoms with van der Waals surface area (Å²) in [7, 11) is 3.39. The molecule has 1 saturated carbocycles. The zero-order valence-corrected chi connectivity index (χ0v) is 11.6. The number of hydrogen-bond donors (Lipinski definition) is 2. The van der Waals surface area contributed by atoms with E-state index in [1.807, 2.05) is 7.05 Å². The summed E-state index contributed by atoms with van der Waals surface area (Å²) in [5.41, 5.74) is -0.259. The monoisotopic (exact) mass is 267 g/mol. The molecule has 4 heteroatoms. The van der Waals surface area contributed by atoms with Crippen molar-refractivity contribution in [2.24, 2.45) is 0 Å². The van der Waals surface area contributed by atoms with Gasteiger partial charge in [0.15, 0.2) is 11.6 Å². The predicted octanol–water partition coefficient (Wildman–Crippen LogP) is 2.27. The Hall–Kier alpha value is -1.13. The van der Waals surface area contributed by atoms with Crippen molar-refractivity contribution in [2.75, 3.05) is 14.2 Å². The van der Waals surface area contributed by atoms with E-state index in [4.69, 9.17) is 4.74 Å². The number of ether oxygens (including phenoxy) is 1. The van der Waals surface area contributed by atoms with Gasteiger partial charge in [-0.15, -0.1) is 0 Å². The summed E-state index contributed by atoms with van der Waals surface area (Å²) < 4.78 is 19.1. The fraction of sp³-hybridized carbons (Fsp3) is 0.600. The van der Waals surface area contributed by atoms with E-state index in [1.165, 1.54) is 7.11 Å². The molecule has 106 valence electrons. The van der Waals surface area contributed by atoms with Crippen LogP contribution in [0.2, 0.25) is 0 Å². The van der Waals surface area contributed by atoms with Crippen LogP contribution in [0.25, 0.3) is 0 Å². The molecule has 0 heterocycles. The normalized spacial score (nSPS) is 27.3. The highest BCUT2D eigenvalue weighted by molar-refractivity contribution is 5.32. The third kappa shape index (κ3) is 3.25. The maximum atomic E-state index is 14.1. The summed E-state index contributed by atoms with van der Waals surface area (Å²) in [6.45, 7) is 0. The van der Waals surface area contributed by atoms with Crippen LogP contribution >= 0.6 is 0 Å². The Morgan fingerprint density at radius 3 is 2.68 bits per heavy atom. The number of aliphatic hydroxyl groups is 1. The van der Waals surface area contributed by atoms with Crippen molar-refractivity contribution in [2.45, 2.75) is 43.7 Å². The molecule has 2 N–H and O–H groups in total. The molecule has 0 atom stereocenters. The second-order valence-corrected chi connectivity index (χ2v) is 5.40. The third-order valence-electron chi connectivity index (χ3n) is 4.11. The predicted molar refractivity (Wildman–Crippen MR) is 72.9 cm³/mol. The average Bonchev–Trinajstić information content (AvgIpc) is 2.42. The summed E-state index contributed by atoms with van der Waals surface area (Å²) in [4.78, 5) is 0. The van der Waals surface area contributed by atoms with Gasteiger partial charge < -0.3 is 15.2 Å². The highest BCUT2D eigenvalue weighted by Crippen LogP contribution is 2.33. The maximum absolute atomic E-state index is 14.1. The summed E-state index contributed by atoms with van der Waals surface area (Å²) in [6, 6.07) is 5.55. The van der Waals surface area contributed by atoms with Gasteiger partial charge in [-0.05, 0) is 44.4 Å². The van der Waals surface area contributed by atoms with Crippen LogP contribution in [0.5, 0.6) is 5.75 Å². The van der Waals surface area contributed by atoms with Gasteiger partial charge in [0.25, 0.3) is 0 Å². The van der Waals surface area contributed by atoms with Crippen LogP contribution in [0, 0.1) is 5.82 Å². The van der Waals surface area contributed by atoms with Crippen molar-refractivity contribution >= 4 is 0 Å². The number of rotatable bonds is 4. The van der Waals surface area contributed by atoms with E-state index in [0.717, 1.165) is 12.8 Å². The minimum atomic E-state index is -0.791. The fourth-order valence-electron chi connectivity index (χ4n) is 2.83. The van der Waals surface area contributed by atoms with Crippen molar-refractivity contribution in [1.29, 1.82) is 0 Å². The summed E-state index contributed by atoms with van der Waals surface area (Å²) in [6.07, 6.45) is 3.62. The van der Waals surface area contributed by atoms with Gasteiger partial charge in [0.05, 0.1) is 12.7 Å². The van der Waals surface area contributed by atoms with Crippen LogP contribution in [-0.4, -0.2) is 30.9 Å². The van der Waals surface area contributed by atoms with Crippen LogP contribution in [0.15, 0.2) is 18.2 Å². The molecule has 1 aromatic rings. The summed E-state index contributed by atoms with van der Waals surface area (Å²) in [5, 5.41) is 13.8. The Kier molecular flexibility index (Phi) is 4.42. The molecule has 1 fully saturated rings. The number of nitrogens with one attached hydrogen (secondary N) is 1. The minimum absolute atomic E-state index is 0.241. The van der Waals surface area contributed by atoms with Gasteiger partial charge >= 0.3 is 0 Å². The second kappa shape index (κ2) is 5.88. The lowest BCUT2D eigenvalue weighted by molar-refractivity contribution is -0.00314. The van der Waals surface area contributed by atoms with Gasteiger partial charge in [-0.2, -0.15) is 0 Å². The standard InChI is InChI=1S/C15H22FNO2/c1-17-12-6-8-15(18,9-7-12)10-11-4-3-5-13(19-2)14(11)16/h3-5,12,17-18H,6-10H2,1-2H3. The van der Waals surface area contributed by atoms with E-state index in [9.17, 15) is 9.50 Å². The molecule has 0 aromatic heterocycles. The van der Waals surface area contributed by atoms with Gasteiger partial charge in [0, 0.05) is 12.5 Å². The lowest BCUT2D eigenvalue weighted by Crippen LogP contribution is -2.41. The van der Waals surface area contributed by atoms with Gasteiger partial charge in [-0.3, -0.25) is 0 Å². The SMILES string of the molecule is CNC1CCC(O)(Cc2cccc(OC)c2F)CC1. The van der Waals surface area contributed by atoms with E-state index in [0.29, 0.717) is 30.9 Å². The lowest BCUT2D eigenvalue weighted by atomic mass is 9.78. The van der Waals surface area contributed by atoms with Gasteiger partial charge in [-0.25, -0.2) is 4.39 Å². The largest absolute Gasteiger partial charge is 0.494 e. The molecular formula is C15H22FNO2. The summed E-state index contributed by atoms with van der Waals surface area (Å²) in [5.74, 6) is -0.112. The number of halogens is 1. The van der Waals surface area contributed by atoms with Gasteiger partial charge in [0.2, 0.25) is 0 Å². The van der Waals surface area contributed by atoms with Crippen molar-refractivity contribution in [1.82, 2.24) is 5.32 Å². The van der Waals surface area contributed by atoms with Crippen molar-refractivity contribution < 1.29 is 14.2 Å². The zero-order valence-electron chi connectivity index (χ0n) is 11.6. The lowest BCUT2D eigenvalue weighted by Gasteiger charge is -2.36. The van der Waals surface area contributed by atoms with Crippen LogP contribution in [0.1, 0.15) is 31.2 Å². The van der Waals surface area contributed by atoms with Crippen molar-refractivity contribution in [3.05, 3.63) is 29.6 Å². The van der Waals surface area contributed by atoms with Crippen LogP contribution in [-0.2, 0) is 6.42 Å². The molecule has 1 aliphatic rings. The quantitative estimate of drug-likeness (QED) is 0.879. The molecule has 1 aromatic carbocycles. The zero-order chi connectivity index (χ0) is 13.9. The maximum Gasteiger partial charge on any atom is 0.168 e. The molecule has 0 saturated heterocycles. The van der Waals surface area contributed by atoms with E-state index < -0.39 is 5.60 Å². The highest BCUT2D eigenvalue weighted by atomic mass is 19.1. The topological polar surface area (TPSA) is 41.5 Å². The van der Waals surface area contributed by atoms with Crippen LogP contribution < -0.4 is 10.1 Å². The molecule has 0 bridgehead atoms. The molecule has 19 heavy (non-hydrogen) atoms. The van der Waals surface area contributed by atoms with Crippen molar-refractivity contribution in [3.8, 4) is 5.75 Å². The summed E-state index contributed by atoms with van der Waals surface area (Å²) >= 11 is 0. The first-order chi connectivity index (χ1) is 9.08. The second-order valence-electron chi connectivity index (χ2n) is 5.40. The first-order valence-corrected chi connectivity index (χ1v) is 6.79. The Morgan fingerprint density at radius 2 is 2.11 bits per heavy atom. The van der Waals surface area contributed by atoms with E-state index in [-0.39, 0.29) is 11.6 Å². The molecule has 0 aliphatic heterocycles. The Balaban J connectivity index is 2.09. The third-order valence-corrected chi connectivity index (χ3v) is 4.11. The Labute approximate surface area is 113 Å². The molecule has 0 amide bonds. The molecule has 3 nitrogen and oxygen atoms in total. The van der Waals surface area contributed by atoms with Crippen molar-refractivity contribution in [3.63, 3.8) is 0 Å². The van der Waals surface area contributed by atoms with Gasteiger partial charge in [-0.1, -0.05) is 12.1 Å². The average molecular weight is 267 g/mol. The van der Waals surface area contributed by atoms with Crippen LogP contribution in [0.3, 0.4) is 0 Å². The number of benzene rings is 1. The molecular weight excluding hydrogens is 245 g/mol. The minimum Gasteiger partial charge on any atom is -0.494 e. The first kappa shape index (κ1) is 14.3. The smallest absolute Gasteiger partial charge is 0.168 e. The van der Waals surface area contributed by atoms with E-state index in [2.05, 4.69) is 5.32 Å². The molecule has 0 spiro atoms. The Bertz CT molecular complexity index is 428. The molecule has 2 rings (SSSR count). The fourth-order valence-corrected chi connectivity index (χ4v) is 2.83. The molecule has 0 unspecified atom stereocenters. The van der Waals surface area contributed by atoms with E-state index >= 15 is 0 Å². The molecule has 1 aliphatic carbocycles.